The van der Waals surface area contributed by atoms with Gasteiger partial charge in [0.1, 0.15) is 17.3 Å². The van der Waals surface area contributed by atoms with Gasteiger partial charge in [-0.3, -0.25) is 9.59 Å². The van der Waals surface area contributed by atoms with Crippen molar-refractivity contribution in [3.63, 3.8) is 0 Å². The second-order valence-corrected chi connectivity index (χ2v) is 5.34. The number of para-hydroxylation sites is 2. The Balaban J connectivity index is 1.56. The van der Waals surface area contributed by atoms with E-state index in [0.717, 1.165) is 28.6 Å². The molecular weight excluding hydrogens is 330 g/mol. The molecule has 128 valence electrons. The number of nitrogens with one attached hydrogen (secondary N) is 2. The van der Waals surface area contributed by atoms with Gasteiger partial charge in [-0.25, -0.2) is 8.78 Å². The fourth-order valence-electron chi connectivity index (χ4n) is 2.42. The number of rotatable bonds is 5. The lowest BCUT2D eigenvalue weighted by molar-refractivity contribution is -0.146. The number of aromatic amines is 1. The maximum atomic E-state index is 13.4. The SMILES string of the molecule is O=C(COC(=O)Cc1c[nH]c2ccccc12)Nc1c(F)cccc1F. The zero-order chi connectivity index (χ0) is 17.8. The molecule has 0 spiro atoms. The Morgan fingerprint density at radius 2 is 1.76 bits per heavy atom. The normalized spacial score (nSPS) is 10.6. The number of aromatic nitrogens is 1. The largest absolute Gasteiger partial charge is 0.455 e. The van der Waals surface area contributed by atoms with Crippen LogP contribution in [-0.2, 0) is 20.7 Å². The van der Waals surface area contributed by atoms with Gasteiger partial charge in [0.2, 0.25) is 0 Å². The van der Waals surface area contributed by atoms with Gasteiger partial charge in [0.15, 0.2) is 6.61 Å². The third-order valence-corrected chi connectivity index (χ3v) is 3.60. The number of fused-ring (bicyclic) bond motifs is 1. The molecule has 0 radical (unpaired) electrons. The van der Waals surface area contributed by atoms with E-state index in [0.29, 0.717) is 0 Å². The van der Waals surface area contributed by atoms with Crippen molar-refractivity contribution in [1.29, 1.82) is 0 Å². The minimum atomic E-state index is -0.904. The molecule has 0 aliphatic carbocycles. The van der Waals surface area contributed by atoms with Crippen LogP contribution in [0, 0.1) is 11.6 Å². The fraction of sp³-hybridized carbons (Fsp3) is 0.111. The lowest BCUT2D eigenvalue weighted by atomic mass is 10.1. The van der Waals surface area contributed by atoms with Gasteiger partial charge in [-0.2, -0.15) is 0 Å². The smallest absolute Gasteiger partial charge is 0.310 e. The van der Waals surface area contributed by atoms with Crippen molar-refractivity contribution in [2.24, 2.45) is 0 Å². The highest BCUT2D eigenvalue weighted by Gasteiger charge is 2.15. The van der Waals surface area contributed by atoms with Crippen molar-refractivity contribution in [3.8, 4) is 0 Å². The van der Waals surface area contributed by atoms with Crippen LogP contribution in [0.5, 0.6) is 0 Å². The first-order chi connectivity index (χ1) is 12.0. The average molecular weight is 344 g/mol. The van der Waals surface area contributed by atoms with Crippen LogP contribution in [0.3, 0.4) is 0 Å². The predicted octanol–water partition coefficient (Wildman–Crippen LogP) is 3.17. The summed E-state index contributed by atoms with van der Waals surface area (Å²) in [4.78, 5) is 26.6. The molecule has 1 amide bonds. The van der Waals surface area contributed by atoms with E-state index < -0.39 is 35.8 Å². The van der Waals surface area contributed by atoms with Crippen LogP contribution in [0.25, 0.3) is 10.9 Å². The van der Waals surface area contributed by atoms with E-state index in [1.54, 1.807) is 6.20 Å². The Kier molecular flexibility index (Phi) is 4.74. The molecule has 0 saturated carbocycles. The van der Waals surface area contributed by atoms with Crippen molar-refractivity contribution in [1.82, 2.24) is 4.98 Å². The third-order valence-electron chi connectivity index (χ3n) is 3.60. The van der Waals surface area contributed by atoms with Gasteiger partial charge in [-0.1, -0.05) is 24.3 Å². The number of esters is 1. The zero-order valence-corrected chi connectivity index (χ0v) is 13.0. The number of anilines is 1. The molecule has 0 atom stereocenters. The van der Waals surface area contributed by atoms with Gasteiger partial charge < -0.3 is 15.0 Å². The maximum Gasteiger partial charge on any atom is 0.310 e. The van der Waals surface area contributed by atoms with E-state index >= 15 is 0 Å². The standard InChI is InChI=1S/C18H14F2N2O3/c19-13-5-3-6-14(20)18(13)22-16(23)10-25-17(24)8-11-9-21-15-7-2-1-4-12(11)15/h1-7,9,21H,8,10H2,(H,22,23). The van der Waals surface area contributed by atoms with E-state index in [9.17, 15) is 18.4 Å². The number of benzene rings is 2. The molecule has 0 bridgehead atoms. The molecule has 3 rings (SSSR count). The van der Waals surface area contributed by atoms with Crippen LogP contribution in [0.1, 0.15) is 5.56 Å². The first-order valence-electron chi connectivity index (χ1n) is 7.49. The number of amides is 1. The Hall–Kier alpha value is -3.22. The van der Waals surface area contributed by atoms with E-state index in [1.807, 2.05) is 24.3 Å². The lowest BCUT2D eigenvalue weighted by Crippen LogP contribution is -2.22. The second kappa shape index (κ2) is 7.12. The van der Waals surface area contributed by atoms with Crippen molar-refractivity contribution in [2.75, 3.05) is 11.9 Å². The summed E-state index contributed by atoms with van der Waals surface area (Å²) in [5, 5.41) is 2.94. The first-order valence-corrected chi connectivity index (χ1v) is 7.49. The van der Waals surface area contributed by atoms with Crippen LogP contribution in [-0.4, -0.2) is 23.5 Å². The van der Waals surface area contributed by atoms with Crippen molar-refractivity contribution >= 4 is 28.5 Å². The topological polar surface area (TPSA) is 71.2 Å². The summed E-state index contributed by atoms with van der Waals surface area (Å²) < 4.78 is 31.8. The summed E-state index contributed by atoms with van der Waals surface area (Å²) in [6.07, 6.45) is 1.67. The van der Waals surface area contributed by atoms with Crippen LogP contribution >= 0.6 is 0 Å². The van der Waals surface area contributed by atoms with Crippen LogP contribution < -0.4 is 5.32 Å². The van der Waals surface area contributed by atoms with Crippen LogP contribution in [0.15, 0.2) is 48.7 Å². The van der Waals surface area contributed by atoms with Crippen LogP contribution in [0.4, 0.5) is 14.5 Å². The molecule has 1 heterocycles. The number of H-pyrrole nitrogens is 1. The molecule has 0 aliphatic rings. The molecule has 0 saturated heterocycles. The van der Waals surface area contributed by atoms with Gasteiger partial charge in [-0.05, 0) is 23.8 Å². The van der Waals surface area contributed by atoms with Crippen LogP contribution in [0.2, 0.25) is 0 Å². The molecule has 2 aromatic carbocycles. The first kappa shape index (κ1) is 16.6. The van der Waals surface area contributed by atoms with Gasteiger partial charge in [0.05, 0.1) is 6.42 Å². The minimum Gasteiger partial charge on any atom is -0.455 e. The maximum absolute atomic E-state index is 13.4. The van der Waals surface area contributed by atoms with Gasteiger partial charge >= 0.3 is 5.97 Å². The molecular formula is C18H14F2N2O3. The molecule has 5 nitrogen and oxygen atoms in total. The Labute approximate surface area is 141 Å². The van der Waals surface area contributed by atoms with E-state index in [-0.39, 0.29) is 6.42 Å². The van der Waals surface area contributed by atoms with Crippen molar-refractivity contribution in [2.45, 2.75) is 6.42 Å². The summed E-state index contributed by atoms with van der Waals surface area (Å²) in [5.41, 5.74) is 1.06. The highest BCUT2D eigenvalue weighted by atomic mass is 19.1. The molecule has 7 heteroatoms. The van der Waals surface area contributed by atoms with Gasteiger partial charge in [0, 0.05) is 17.1 Å². The highest BCUT2D eigenvalue weighted by molar-refractivity contribution is 5.93. The second-order valence-electron chi connectivity index (χ2n) is 5.34. The predicted molar refractivity (Wildman–Crippen MR) is 87.9 cm³/mol. The number of carbonyl (C=O) groups excluding carboxylic acids is 2. The average Bonchev–Trinajstić information content (AvgIpc) is 3.00. The molecule has 2 N–H and O–H groups in total. The quantitative estimate of drug-likeness (QED) is 0.699. The molecule has 25 heavy (non-hydrogen) atoms. The number of ether oxygens (including phenoxy) is 1. The highest BCUT2D eigenvalue weighted by Crippen LogP contribution is 2.19. The Bertz CT molecular complexity index is 917. The van der Waals surface area contributed by atoms with Crippen molar-refractivity contribution < 1.29 is 23.1 Å². The van der Waals surface area contributed by atoms with E-state index in [4.69, 9.17) is 4.74 Å². The number of carbonyl (C=O) groups is 2. The van der Waals surface area contributed by atoms with Gasteiger partial charge in [0.25, 0.3) is 5.91 Å². The molecule has 0 aliphatic heterocycles. The summed E-state index contributed by atoms with van der Waals surface area (Å²) in [6, 6.07) is 10.7. The fourth-order valence-corrected chi connectivity index (χ4v) is 2.42. The third kappa shape index (κ3) is 3.82. The number of hydrogen-bond acceptors (Lipinski definition) is 3. The zero-order valence-electron chi connectivity index (χ0n) is 13.0. The van der Waals surface area contributed by atoms with E-state index in [2.05, 4.69) is 10.3 Å². The van der Waals surface area contributed by atoms with Crippen molar-refractivity contribution in [3.05, 3.63) is 65.9 Å². The Morgan fingerprint density at radius 3 is 2.52 bits per heavy atom. The van der Waals surface area contributed by atoms with Gasteiger partial charge in [-0.15, -0.1) is 0 Å². The molecule has 0 unspecified atom stereocenters. The minimum absolute atomic E-state index is 0.0225. The monoisotopic (exact) mass is 344 g/mol. The molecule has 3 aromatic rings. The molecule has 0 fully saturated rings. The summed E-state index contributed by atoms with van der Waals surface area (Å²) in [7, 11) is 0. The summed E-state index contributed by atoms with van der Waals surface area (Å²) in [6.45, 7) is -0.630. The lowest BCUT2D eigenvalue weighted by Gasteiger charge is -2.08. The number of hydrogen-bond donors (Lipinski definition) is 2. The Morgan fingerprint density at radius 1 is 1.04 bits per heavy atom. The summed E-state index contributed by atoms with van der Waals surface area (Å²) >= 11 is 0. The van der Waals surface area contributed by atoms with E-state index in [1.165, 1.54) is 6.07 Å². The molecule has 1 aromatic heterocycles. The number of halogens is 2. The summed E-state index contributed by atoms with van der Waals surface area (Å²) in [5.74, 6) is -3.25.